The molecule has 2 aliphatic heterocycles. The van der Waals surface area contributed by atoms with E-state index in [0.29, 0.717) is 5.54 Å². The van der Waals surface area contributed by atoms with Gasteiger partial charge in [-0.1, -0.05) is 0 Å². The smallest absolute Gasteiger partial charge is 0.0936 e. The topological polar surface area (TPSA) is 33.7 Å². The molecule has 0 radical (unpaired) electrons. The van der Waals surface area contributed by atoms with Gasteiger partial charge in [0.25, 0.3) is 0 Å². The summed E-state index contributed by atoms with van der Waals surface area (Å²) in [6.45, 7) is 9.24. The van der Waals surface area contributed by atoms with Gasteiger partial charge in [-0.3, -0.25) is 4.90 Å². The molecule has 4 heteroatoms. The average Bonchev–Trinajstić information content (AvgIpc) is 3.19. The average molecular weight is 254 g/mol. The molecule has 0 aromatic heterocycles. The van der Waals surface area contributed by atoms with Gasteiger partial charge in [0, 0.05) is 18.6 Å². The Morgan fingerprint density at radius 3 is 2.94 bits per heavy atom. The van der Waals surface area contributed by atoms with Crippen molar-refractivity contribution in [1.82, 2.24) is 10.2 Å². The highest BCUT2D eigenvalue weighted by Crippen LogP contribution is 2.40. The summed E-state index contributed by atoms with van der Waals surface area (Å²) in [6.07, 6.45) is 4.33. The minimum atomic E-state index is 0.278. The Labute approximate surface area is 110 Å². The maximum Gasteiger partial charge on any atom is 0.0936 e. The van der Waals surface area contributed by atoms with Crippen LogP contribution >= 0.6 is 0 Å². The van der Waals surface area contributed by atoms with E-state index in [4.69, 9.17) is 9.47 Å². The highest BCUT2D eigenvalue weighted by atomic mass is 16.6. The van der Waals surface area contributed by atoms with Crippen molar-refractivity contribution in [1.29, 1.82) is 0 Å². The minimum Gasteiger partial charge on any atom is -0.376 e. The second-order valence-electron chi connectivity index (χ2n) is 6.27. The van der Waals surface area contributed by atoms with Crippen LogP contribution in [-0.2, 0) is 9.47 Å². The summed E-state index contributed by atoms with van der Waals surface area (Å²) in [4.78, 5) is 2.58. The van der Waals surface area contributed by atoms with Crippen molar-refractivity contribution in [3.63, 3.8) is 0 Å². The second kappa shape index (κ2) is 5.45. The molecular weight excluding hydrogens is 228 g/mol. The van der Waals surface area contributed by atoms with E-state index in [9.17, 15) is 0 Å². The zero-order valence-electron chi connectivity index (χ0n) is 11.5. The van der Waals surface area contributed by atoms with E-state index < -0.39 is 0 Å². The Morgan fingerprint density at radius 2 is 2.22 bits per heavy atom. The number of hydrogen-bond donors (Lipinski definition) is 1. The van der Waals surface area contributed by atoms with Crippen molar-refractivity contribution in [2.75, 3.05) is 46.0 Å². The third-order valence-corrected chi connectivity index (χ3v) is 4.56. The lowest BCUT2D eigenvalue weighted by Crippen LogP contribution is -2.52. The zero-order valence-corrected chi connectivity index (χ0v) is 11.5. The maximum absolute atomic E-state index is 5.78. The first-order chi connectivity index (χ1) is 8.76. The van der Waals surface area contributed by atoms with Crippen molar-refractivity contribution in [3.8, 4) is 0 Å². The SMILES string of the molecule is CC1(C2CC2)CN(CC2COCCO2)CCCN1. The van der Waals surface area contributed by atoms with Crippen molar-refractivity contribution in [2.24, 2.45) is 5.92 Å². The monoisotopic (exact) mass is 254 g/mol. The fourth-order valence-corrected chi connectivity index (χ4v) is 3.36. The molecule has 2 atom stereocenters. The standard InChI is InChI=1S/C14H26N2O2/c1-14(12-3-4-12)11-16(6-2-5-15-14)9-13-10-17-7-8-18-13/h12-13,15H,2-11H2,1H3. The first-order valence-corrected chi connectivity index (χ1v) is 7.43. The molecule has 0 aromatic carbocycles. The maximum atomic E-state index is 5.78. The van der Waals surface area contributed by atoms with Gasteiger partial charge < -0.3 is 14.8 Å². The van der Waals surface area contributed by atoms with E-state index in [1.54, 1.807) is 0 Å². The predicted molar refractivity (Wildman–Crippen MR) is 70.7 cm³/mol. The van der Waals surface area contributed by atoms with Crippen LogP contribution in [0, 0.1) is 5.92 Å². The lowest BCUT2D eigenvalue weighted by Gasteiger charge is -2.36. The van der Waals surface area contributed by atoms with E-state index >= 15 is 0 Å². The summed E-state index contributed by atoms with van der Waals surface area (Å²) in [5.41, 5.74) is 0.325. The van der Waals surface area contributed by atoms with E-state index in [-0.39, 0.29) is 6.10 Å². The Morgan fingerprint density at radius 1 is 1.33 bits per heavy atom. The van der Waals surface area contributed by atoms with Crippen LogP contribution < -0.4 is 5.32 Å². The molecule has 0 aromatic rings. The van der Waals surface area contributed by atoms with Crippen LogP contribution in [0.15, 0.2) is 0 Å². The fourth-order valence-electron chi connectivity index (χ4n) is 3.36. The van der Waals surface area contributed by atoms with Crippen LogP contribution in [0.1, 0.15) is 26.2 Å². The van der Waals surface area contributed by atoms with E-state index in [0.717, 1.165) is 45.4 Å². The quantitative estimate of drug-likeness (QED) is 0.810. The number of ether oxygens (including phenoxy) is 2. The van der Waals surface area contributed by atoms with Crippen LogP contribution in [0.25, 0.3) is 0 Å². The second-order valence-corrected chi connectivity index (χ2v) is 6.27. The van der Waals surface area contributed by atoms with Gasteiger partial charge in [-0.15, -0.1) is 0 Å². The summed E-state index contributed by atoms with van der Waals surface area (Å²) >= 11 is 0. The normalized spacial score (nSPS) is 39.5. The molecule has 1 N–H and O–H groups in total. The molecule has 104 valence electrons. The molecule has 0 spiro atoms. The summed E-state index contributed by atoms with van der Waals surface area (Å²) in [5.74, 6) is 0.890. The molecule has 2 heterocycles. The number of nitrogens with zero attached hydrogens (tertiary/aromatic N) is 1. The van der Waals surface area contributed by atoms with Crippen LogP contribution in [0.2, 0.25) is 0 Å². The van der Waals surface area contributed by atoms with Crippen LogP contribution in [-0.4, -0.2) is 62.5 Å². The van der Waals surface area contributed by atoms with Gasteiger partial charge in [0.15, 0.2) is 0 Å². The third-order valence-electron chi connectivity index (χ3n) is 4.56. The molecule has 1 aliphatic carbocycles. The molecule has 2 unspecified atom stereocenters. The molecule has 3 rings (SSSR count). The lowest BCUT2D eigenvalue weighted by atomic mass is 9.95. The molecule has 0 amide bonds. The molecule has 2 saturated heterocycles. The summed E-state index contributed by atoms with van der Waals surface area (Å²) in [6, 6.07) is 0. The zero-order chi connectivity index (χ0) is 12.4. The molecule has 18 heavy (non-hydrogen) atoms. The van der Waals surface area contributed by atoms with Gasteiger partial charge in [0.05, 0.1) is 25.9 Å². The van der Waals surface area contributed by atoms with Crippen molar-refractivity contribution in [3.05, 3.63) is 0 Å². The fraction of sp³-hybridized carbons (Fsp3) is 1.00. The van der Waals surface area contributed by atoms with Gasteiger partial charge in [0.2, 0.25) is 0 Å². The third kappa shape index (κ3) is 3.05. The first kappa shape index (κ1) is 12.9. The Bertz CT molecular complexity index is 277. The van der Waals surface area contributed by atoms with Crippen LogP contribution in [0.4, 0.5) is 0 Å². The number of hydrogen-bond acceptors (Lipinski definition) is 4. The van der Waals surface area contributed by atoms with Gasteiger partial charge in [-0.2, -0.15) is 0 Å². The highest BCUT2D eigenvalue weighted by Gasteiger charge is 2.43. The van der Waals surface area contributed by atoms with Crippen LogP contribution in [0.5, 0.6) is 0 Å². The molecule has 3 aliphatic rings. The molecule has 4 nitrogen and oxygen atoms in total. The molecule has 0 bridgehead atoms. The number of nitrogens with one attached hydrogen (secondary N) is 1. The molecular formula is C14H26N2O2. The predicted octanol–water partition coefficient (Wildman–Crippen LogP) is 0.866. The molecule has 1 saturated carbocycles. The minimum absolute atomic E-state index is 0.278. The Kier molecular flexibility index (Phi) is 3.89. The van der Waals surface area contributed by atoms with Crippen molar-refractivity contribution >= 4 is 0 Å². The van der Waals surface area contributed by atoms with Gasteiger partial charge in [-0.25, -0.2) is 0 Å². The van der Waals surface area contributed by atoms with E-state index in [1.807, 2.05) is 0 Å². The largest absolute Gasteiger partial charge is 0.376 e. The summed E-state index contributed by atoms with van der Waals surface area (Å²) in [7, 11) is 0. The Balaban J connectivity index is 1.56. The van der Waals surface area contributed by atoms with Gasteiger partial charge in [0.1, 0.15) is 0 Å². The van der Waals surface area contributed by atoms with Crippen LogP contribution in [0.3, 0.4) is 0 Å². The lowest BCUT2D eigenvalue weighted by molar-refractivity contribution is -0.0983. The van der Waals surface area contributed by atoms with E-state index in [1.165, 1.54) is 25.8 Å². The van der Waals surface area contributed by atoms with Crippen molar-refractivity contribution < 1.29 is 9.47 Å². The molecule has 3 fully saturated rings. The summed E-state index contributed by atoms with van der Waals surface area (Å²) in [5, 5.41) is 3.77. The summed E-state index contributed by atoms with van der Waals surface area (Å²) < 4.78 is 11.3. The van der Waals surface area contributed by atoms with Crippen molar-refractivity contribution in [2.45, 2.75) is 37.8 Å². The van der Waals surface area contributed by atoms with Gasteiger partial charge >= 0.3 is 0 Å². The first-order valence-electron chi connectivity index (χ1n) is 7.43. The Hall–Kier alpha value is -0.160. The van der Waals surface area contributed by atoms with Gasteiger partial charge in [-0.05, 0) is 45.2 Å². The highest BCUT2D eigenvalue weighted by molar-refractivity contribution is 5.01. The van der Waals surface area contributed by atoms with E-state index in [2.05, 4.69) is 17.1 Å². The number of rotatable bonds is 3.